The smallest absolute Gasteiger partial charge is 0.308 e. The largest absolute Gasteiger partial charge is 0.481 e. The van der Waals surface area contributed by atoms with Crippen molar-refractivity contribution in [3.63, 3.8) is 0 Å². The van der Waals surface area contributed by atoms with Gasteiger partial charge in [-0.25, -0.2) is 8.78 Å². The molecule has 2 fully saturated rings. The van der Waals surface area contributed by atoms with Gasteiger partial charge in [-0.1, -0.05) is 0 Å². The lowest BCUT2D eigenvalue weighted by atomic mass is 10.0. The first-order valence-corrected chi connectivity index (χ1v) is 8.13. The highest BCUT2D eigenvalue weighted by Crippen LogP contribution is 2.26. The van der Waals surface area contributed by atoms with E-state index in [1.165, 1.54) is 4.90 Å². The summed E-state index contributed by atoms with van der Waals surface area (Å²) in [7, 11) is 0. The first-order chi connectivity index (χ1) is 11.9. The maximum Gasteiger partial charge on any atom is 0.308 e. The minimum absolute atomic E-state index is 0.00920. The summed E-state index contributed by atoms with van der Waals surface area (Å²) in [5.74, 6) is -3.98. The molecule has 1 unspecified atom stereocenters. The van der Waals surface area contributed by atoms with Crippen LogP contribution in [0.2, 0.25) is 0 Å². The molecule has 0 bridgehead atoms. The molecular weight excluding hydrogens is 334 g/mol. The van der Waals surface area contributed by atoms with Gasteiger partial charge in [0, 0.05) is 38.2 Å². The highest BCUT2D eigenvalue weighted by molar-refractivity contribution is 5.94. The lowest BCUT2D eigenvalue weighted by molar-refractivity contribution is -0.141. The fourth-order valence-corrected chi connectivity index (χ4v) is 3.46. The van der Waals surface area contributed by atoms with E-state index in [1.54, 1.807) is 4.90 Å². The molecule has 2 aliphatic heterocycles. The molecule has 6 nitrogen and oxygen atoms in total. The summed E-state index contributed by atoms with van der Waals surface area (Å²) < 4.78 is 26.7. The van der Waals surface area contributed by atoms with Gasteiger partial charge in [-0.15, -0.1) is 0 Å². The SMILES string of the molecule is O=C(O)C1CC(=O)N(C2CCN(C(=O)c3ccc(F)cc3F)CC2)C1. The third-order valence-corrected chi connectivity index (χ3v) is 4.86. The zero-order valence-electron chi connectivity index (χ0n) is 13.5. The summed E-state index contributed by atoms with van der Waals surface area (Å²) in [5.41, 5.74) is -0.178. The van der Waals surface area contributed by atoms with Crippen molar-refractivity contribution in [1.29, 1.82) is 0 Å². The van der Waals surface area contributed by atoms with Crippen LogP contribution in [-0.2, 0) is 9.59 Å². The number of carbonyl (C=O) groups is 3. The average Bonchev–Trinajstić information content (AvgIpc) is 2.97. The van der Waals surface area contributed by atoms with Crippen LogP contribution >= 0.6 is 0 Å². The topological polar surface area (TPSA) is 77.9 Å². The molecule has 2 amide bonds. The Morgan fingerprint density at radius 2 is 1.84 bits per heavy atom. The number of carboxylic acid groups (broad SMARTS) is 1. The van der Waals surface area contributed by atoms with Gasteiger partial charge in [0.05, 0.1) is 11.5 Å². The number of rotatable bonds is 3. The molecule has 1 atom stereocenters. The first kappa shape index (κ1) is 17.3. The van der Waals surface area contributed by atoms with Crippen LogP contribution in [0, 0.1) is 17.6 Å². The first-order valence-electron chi connectivity index (χ1n) is 8.13. The van der Waals surface area contributed by atoms with Gasteiger partial charge in [-0.2, -0.15) is 0 Å². The Kier molecular flexibility index (Phi) is 4.69. The maximum atomic E-state index is 13.8. The van der Waals surface area contributed by atoms with E-state index < -0.39 is 29.4 Å². The molecular formula is C17H18F2N2O4. The Hall–Kier alpha value is -2.51. The van der Waals surface area contributed by atoms with Crippen LogP contribution in [0.4, 0.5) is 8.78 Å². The van der Waals surface area contributed by atoms with Crippen molar-refractivity contribution in [3.8, 4) is 0 Å². The predicted molar refractivity (Wildman–Crippen MR) is 82.7 cm³/mol. The van der Waals surface area contributed by atoms with Crippen LogP contribution in [0.25, 0.3) is 0 Å². The van der Waals surface area contributed by atoms with E-state index in [4.69, 9.17) is 5.11 Å². The number of carboxylic acids is 1. The second-order valence-electron chi connectivity index (χ2n) is 6.43. The molecule has 8 heteroatoms. The number of amides is 2. The van der Waals surface area contributed by atoms with E-state index >= 15 is 0 Å². The van der Waals surface area contributed by atoms with Crippen LogP contribution in [0.5, 0.6) is 0 Å². The summed E-state index contributed by atoms with van der Waals surface area (Å²) in [5, 5.41) is 9.04. The quantitative estimate of drug-likeness (QED) is 0.894. The highest BCUT2D eigenvalue weighted by Gasteiger charge is 2.39. The average molecular weight is 352 g/mol. The van der Waals surface area contributed by atoms with Crippen LogP contribution in [0.15, 0.2) is 18.2 Å². The van der Waals surface area contributed by atoms with E-state index in [9.17, 15) is 23.2 Å². The Balaban J connectivity index is 1.61. The van der Waals surface area contributed by atoms with E-state index in [0.717, 1.165) is 12.1 Å². The van der Waals surface area contributed by atoms with Crippen molar-refractivity contribution in [1.82, 2.24) is 9.80 Å². The van der Waals surface area contributed by atoms with Gasteiger partial charge >= 0.3 is 5.97 Å². The van der Waals surface area contributed by atoms with Gasteiger partial charge in [-0.3, -0.25) is 14.4 Å². The Bertz CT molecular complexity index is 717. The number of piperidine rings is 1. The second kappa shape index (κ2) is 6.78. The van der Waals surface area contributed by atoms with E-state index in [2.05, 4.69) is 0 Å². The number of carbonyl (C=O) groups excluding carboxylic acids is 2. The van der Waals surface area contributed by atoms with Crippen molar-refractivity contribution in [3.05, 3.63) is 35.4 Å². The zero-order chi connectivity index (χ0) is 18.1. The highest BCUT2D eigenvalue weighted by atomic mass is 19.1. The number of hydrogen-bond donors (Lipinski definition) is 1. The molecule has 3 rings (SSSR count). The minimum atomic E-state index is -0.977. The van der Waals surface area contributed by atoms with E-state index in [0.29, 0.717) is 32.0 Å². The second-order valence-corrected chi connectivity index (χ2v) is 6.43. The Morgan fingerprint density at radius 1 is 1.16 bits per heavy atom. The van der Waals surface area contributed by atoms with Crippen molar-refractivity contribution in [2.45, 2.75) is 25.3 Å². The molecule has 0 saturated carbocycles. The summed E-state index contributed by atoms with van der Waals surface area (Å²) in [6.45, 7) is 0.864. The molecule has 0 spiro atoms. The molecule has 25 heavy (non-hydrogen) atoms. The monoisotopic (exact) mass is 352 g/mol. The molecule has 1 N–H and O–H groups in total. The molecule has 2 heterocycles. The van der Waals surface area contributed by atoms with Gasteiger partial charge in [-0.05, 0) is 25.0 Å². The number of hydrogen-bond acceptors (Lipinski definition) is 3. The number of benzene rings is 1. The molecule has 134 valence electrons. The molecule has 2 aliphatic rings. The summed E-state index contributed by atoms with van der Waals surface area (Å²) in [4.78, 5) is 38.5. The standard InChI is InChI=1S/C17H18F2N2O4/c18-11-1-2-13(14(19)8-11)16(23)20-5-3-12(4-6-20)21-9-10(17(24)25)7-15(21)22/h1-2,8,10,12H,3-7,9H2,(H,24,25). The van der Waals surface area contributed by atoms with Gasteiger partial charge in [0.1, 0.15) is 11.6 Å². The van der Waals surface area contributed by atoms with Crippen molar-refractivity contribution in [2.75, 3.05) is 19.6 Å². The number of halogens is 2. The molecule has 2 saturated heterocycles. The molecule has 1 aromatic carbocycles. The van der Waals surface area contributed by atoms with Crippen LogP contribution in [-0.4, -0.2) is 58.4 Å². The maximum absolute atomic E-state index is 13.8. The third-order valence-electron chi connectivity index (χ3n) is 4.86. The third kappa shape index (κ3) is 3.47. The van der Waals surface area contributed by atoms with Gasteiger partial charge in [0.2, 0.25) is 5.91 Å². The Morgan fingerprint density at radius 3 is 2.40 bits per heavy atom. The van der Waals surface area contributed by atoms with E-state index in [1.807, 2.05) is 0 Å². The summed E-state index contributed by atoms with van der Waals surface area (Å²) in [6, 6.07) is 2.73. The number of aliphatic carboxylic acids is 1. The number of nitrogens with zero attached hydrogens (tertiary/aromatic N) is 2. The summed E-state index contributed by atoms with van der Waals surface area (Å²) in [6.07, 6.45) is 1.02. The fraction of sp³-hybridized carbons (Fsp3) is 0.471. The van der Waals surface area contributed by atoms with Gasteiger partial charge in [0.25, 0.3) is 5.91 Å². The van der Waals surface area contributed by atoms with Crippen molar-refractivity contribution in [2.24, 2.45) is 5.92 Å². The van der Waals surface area contributed by atoms with Crippen molar-refractivity contribution >= 4 is 17.8 Å². The van der Waals surface area contributed by atoms with Gasteiger partial charge < -0.3 is 14.9 Å². The Labute approximate surface area is 143 Å². The fourth-order valence-electron chi connectivity index (χ4n) is 3.46. The van der Waals surface area contributed by atoms with Crippen LogP contribution < -0.4 is 0 Å². The molecule has 1 aromatic rings. The van der Waals surface area contributed by atoms with Crippen LogP contribution in [0.3, 0.4) is 0 Å². The molecule has 0 aromatic heterocycles. The molecule has 0 aliphatic carbocycles. The minimum Gasteiger partial charge on any atom is -0.481 e. The van der Waals surface area contributed by atoms with E-state index in [-0.39, 0.29) is 30.5 Å². The molecule has 0 radical (unpaired) electrons. The summed E-state index contributed by atoms with van der Waals surface area (Å²) >= 11 is 0. The van der Waals surface area contributed by atoms with Crippen LogP contribution in [0.1, 0.15) is 29.6 Å². The normalized spacial score (nSPS) is 21.7. The lowest BCUT2D eigenvalue weighted by Gasteiger charge is -2.36. The van der Waals surface area contributed by atoms with Crippen molar-refractivity contribution < 1.29 is 28.3 Å². The lowest BCUT2D eigenvalue weighted by Crippen LogP contribution is -2.47. The van der Waals surface area contributed by atoms with Gasteiger partial charge in [0.15, 0.2) is 0 Å². The number of likely N-dealkylation sites (tertiary alicyclic amines) is 2. The predicted octanol–water partition coefficient (Wildman–Crippen LogP) is 1.50. The zero-order valence-corrected chi connectivity index (χ0v) is 13.5.